The minimum Gasteiger partial charge on any atom is -0.484 e. The Morgan fingerprint density at radius 3 is 2.62 bits per heavy atom. The van der Waals surface area contributed by atoms with Crippen LogP contribution in [0.3, 0.4) is 0 Å². The quantitative estimate of drug-likeness (QED) is 0.294. The summed E-state index contributed by atoms with van der Waals surface area (Å²) in [7, 11) is 1.91. The van der Waals surface area contributed by atoms with Gasteiger partial charge in [-0.15, -0.1) is 0 Å². The first-order valence-corrected chi connectivity index (χ1v) is 11.8. The van der Waals surface area contributed by atoms with Crippen LogP contribution in [0.4, 0.5) is 15.8 Å². The van der Waals surface area contributed by atoms with Crippen LogP contribution in [0.25, 0.3) is 0 Å². The molecule has 1 saturated carbocycles. The molecule has 1 aromatic heterocycles. The van der Waals surface area contributed by atoms with E-state index in [0.717, 1.165) is 44.7 Å². The van der Waals surface area contributed by atoms with Crippen LogP contribution >= 0.6 is 0 Å². The van der Waals surface area contributed by atoms with Gasteiger partial charge >= 0.3 is 0 Å². The summed E-state index contributed by atoms with van der Waals surface area (Å²) in [6, 6.07) is 2.83. The van der Waals surface area contributed by atoms with Crippen molar-refractivity contribution in [1.82, 2.24) is 14.7 Å². The molecule has 184 valence electrons. The van der Waals surface area contributed by atoms with Gasteiger partial charge in [0.05, 0.1) is 18.2 Å². The smallest absolute Gasteiger partial charge is 0.167 e. The van der Waals surface area contributed by atoms with Crippen molar-refractivity contribution in [2.75, 3.05) is 36.8 Å². The highest BCUT2D eigenvalue weighted by molar-refractivity contribution is 6.04. The number of aliphatic imine (C=N–C) groups is 1. The number of benzene rings is 1. The number of piperazine rings is 1. The Morgan fingerprint density at radius 1 is 1.32 bits per heavy atom. The van der Waals surface area contributed by atoms with Crippen LogP contribution in [-0.2, 0) is 7.05 Å². The zero-order valence-corrected chi connectivity index (χ0v) is 20.2. The van der Waals surface area contributed by atoms with E-state index in [4.69, 9.17) is 21.6 Å². The van der Waals surface area contributed by atoms with Crippen molar-refractivity contribution in [1.29, 1.82) is 5.41 Å². The first kappa shape index (κ1) is 24.0. The number of nitrogens with zero attached hydrogens (tertiary/aromatic N) is 5. The molecule has 2 unspecified atom stereocenters. The van der Waals surface area contributed by atoms with Gasteiger partial charge in [0.2, 0.25) is 0 Å². The number of anilines is 2. The minimum absolute atomic E-state index is 0.154. The largest absolute Gasteiger partial charge is 0.484 e. The van der Waals surface area contributed by atoms with Crippen LogP contribution in [0.1, 0.15) is 38.7 Å². The molecule has 1 aliphatic heterocycles. The topological polar surface area (TPSA) is 122 Å². The molecule has 5 N–H and O–H groups in total. The maximum absolute atomic E-state index is 14.4. The monoisotopic (exact) mass is 470 g/mol. The van der Waals surface area contributed by atoms with Crippen LogP contribution in [0.5, 0.6) is 5.75 Å². The molecule has 1 saturated heterocycles. The number of halogens is 1. The molecular weight excluding hydrogens is 435 g/mol. The second-order valence-electron chi connectivity index (χ2n) is 9.65. The Morgan fingerprint density at radius 2 is 2.03 bits per heavy atom. The van der Waals surface area contributed by atoms with Gasteiger partial charge in [0, 0.05) is 68.4 Å². The molecule has 10 heteroatoms. The van der Waals surface area contributed by atoms with Gasteiger partial charge in [0.15, 0.2) is 11.6 Å². The number of nitrogens with two attached hydrogens (primary N) is 2. The van der Waals surface area contributed by atoms with Crippen molar-refractivity contribution in [3.63, 3.8) is 0 Å². The van der Waals surface area contributed by atoms with E-state index in [-0.39, 0.29) is 29.1 Å². The number of aryl methyl sites for hydroxylation is 1. The van der Waals surface area contributed by atoms with Gasteiger partial charge in [-0.25, -0.2) is 4.39 Å². The number of hydrogen-bond donors (Lipinski definition) is 3. The Labute approximate surface area is 200 Å². The number of ether oxygens (including phenoxy) is 1. The van der Waals surface area contributed by atoms with Gasteiger partial charge in [-0.1, -0.05) is 6.92 Å². The van der Waals surface area contributed by atoms with Gasteiger partial charge in [-0.3, -0.25) is 14.6 Å². The molecule has 1 aliphatic carbocycles. The molecule has 2 aromatic rings. The summed E-state index contributed by atoms with van der Waals surface area (Å²) in [5, 5.41) is 13.1. The van der Waals surface area contributed by atoms with E-state index in [9.17, 15) is 4.39 Å². The molecule has 0 bridgehead atoms. The summed E-state index contributed by atoms with van der Waals surface area (Å²) in [5.74, 6) is -0.502. The minimum atomic E-state index is -0.494. The van der Waals surface area contributed by atoms with Crippen LogP contribution in [0.15, 0.2) is 29.5 Å². The predicted octanol–water partition coefficient (Wildman–Crippen LogP) is 2.60. The Hall–Kier alpha value is -3.14. The first-order chi connectivity index (χ1) is 16.2. The van der Waals surface area contributed by atoms with E-state index >= 15 is 0 Å². The second-order valence-corrected chi connectivity index (χ2v) is 9.65. The second kappa shape index (κ2) is 9.61. The third kappa shape index (κ3) is 5.32. The average Bonchev–Trinajstić information content (AvgIpc) is 3.37. The fourth-order valence-electron chi connectivity index (χ4n) is 4.38. The lowest BCUT2D eigenvalue weighted by Crippen LogP contribution is -2.50. The molecular formula is C24H35FN8O. The molecule has 0 spiro atoms. The molecule has 0 radical (unpaired) electrons. The van der Waals surface area contributed by atoms with Gasteiger partial charge in [-0.05, 0) is 32.3 Å². The Bertz CT molecular complexity index is 1060. The molecule has 34 heavy (non-hydrogen) atoms. The van der Waals surface area contributed by atoms with Crippen molar-refractivity contribution in [3.8, 4) is 5.75 Å². The Kier molecular flexibility index (Phi) is 6.79. The van der Waals surface area contributed by atoms with Crippen LogP contribution in [0.2, 0.25) is 0 Å². The molecule has 4 rings (SSSR count). The number of nitrogen functional groups attached to an aromatic ring is 1. The zero-order valence-electron chi connectivity index (χ0n) is 20.2. The van der Waals surface area contributed by atoms with E-state index in [1.165, 1.54) is 12.4 Å². The van der Waals surface area contributed by atoms with Crippen LogP contribution < -0.4 is 21.1 Å². The van der Waals surface area contributed by atoms with Crippen molar-refractivity contribution < 1.29 is 9.13 Å². The summed E-state index contributed by atoms with van der Waals surface area (Å²) in [4.78, 5) is 9.10. The molecule has 1 aromatic carbocycles. The molecule has 0 amide bonds. The van der Waals surface area contributed by atoms with E-state index in [0.29, 0.717) is 17.7 Å². The lowest BCUT2D eigenvalue weighted by Gasteiger charge is -2.39. The lowest BCUT2D eigenvalue weighted by atomic mass is 9.92. The molecule has 2 atom stereocenters. The highest BCUT2D eigenvalue weighted by atomic mass is 19.1. The molecule has 2 fully saturated rings. The van der Waals surface area contributed by atoms with Gasteiger partial charge in [-0.2, -0.15) is 5.10 Å². The van der Waals surface area contributed by atoms with Crippen molar-refractivity contribution >= 4 is 23.4 Å². The maximum atomic E-state index is 14.4. The van der Waals surface area contributed by atoms with Crippen molar-refractivity contribution in [2.24, 2.45) is 23.7 Å². The third-order valence-electron chi connectivity index (χ3n) is 6.81. The van der Waals surface area contributed by atoms with Crippen molar-refractivity contribution in [2.45, 2.75) is 44.9 Å². The van der Waals surface area contributed by atoms with E-state index in [1.54, 1.807) is 10.7 Å². The summed E-state index contributed by atoms with van der Waals surface area (Å²) >= 11 is 0. The number of hydrogen-bond acceptors (Lipinski definition) is 7. The van der Waals surface area contributed by atoms with Gasteiger partial charge in [0.25, 0.3) is 0 Å². The van der Waals surface area contributed by atoms with E-state index < -0.39 is 5.82 Å². The highest BCUT2D eigenvalue weighted by Crippen LogP contribution is 2.41. The standard InChI is InChI=1S/C24H35FN8O/c1-16(23(28)18-11-21(19(25)12-20(18)27)34-24(2)4-5-24)10-22(29-15-26)33-8-6-32(7-9-33)17-13-30-31(3)14-17/h11-16,22,28H,4-10,27H2,1-3H3,(H2,26,29). The summed E-state index contributed by atoms with van der Waals surface area (Å²) in [5.41, 5.74) is 13.7. The first-order valence-electron chi connectivity index (χ1n) is 11.8. The summed E-state index contributed by atoms with van der Waals surface area (Å²) in [6.45, 7) is 7.30. The van der Waals surface area contributed by atoms with Crippen LogP contribution in [0, 0.1) is 17.1 Å². The van der Waals surface area contributed by atoms with Gasteiger partial charge < -0.3 is 26.5 Å². The number of aromatic nitrogens is 2. The van der Waals surface area contributed by atoms with Gasteiger partial charge in [0.1, 0.15) is 11.8 Å². The van der Waals surface area contributed by atoms with Crippen molar-refractivity contribution in [3.05, 3.63) is 35.9 Å². The average molecular weight is 471 g/mol. The Balaban J connectivity index is 1.42. The SMILES string of the molecule is CC(CC(N=CN)N1CCN(c2cnn(C)c2)CC1)C(=N)c1cc(OC2(C)CC2)c(F)cc1N. The molecule has 2 aliphatic rings. The van der Waals surface area contributed by atoms with Crippen LogP contribution in [-0.4, -0.2) is 64.7 Å². The van der Waals surface area contributed by atoms with E-state index in [2.05, 4.69) is 19.9 Å². The normalized spacial score (nSPS) is 19.8. The lowest BCUT2D eigenvalue weighted by molar-refractivity contribution is 0.175. The summed E-state index contributed by atoms with van der Waals surface area (Å²) in [6.07, 6.45) is 7.47. The number of nitrogens with one attached hydrogen (secondary N) is 1. The summed E-state index contributed by atoms with van der Waals surface area (Å²) < 4.78 is 22.1. The predicted molar refractivity (Wildman–Crippen MR) is 133 cm³/mol. The molecule has 9 nitrogen and oxygen atoms in total. The fourth-order valence-corrected chi connectivity index (χ4v) is 4.38. The number of rotatable bonds is 9. The fraction of sp³-hybridized carbons (Fsp3) is 0.542. The highest BCUT2D eigenvalue weighted by Gasteiger charge is 2.41. The zero-order chi connectivity index (χ0) is 24.5. The van der Waals surface area contributed by atoms with E-state index in [1.807, 2.05) is 33.3 Å². The molecule has 2 heterocycles. The maximum Gasteiger partial charge on any atom is 0.167 e. The third-order valence-corrected chi connectivity index (χ3v) is 6.81.